The van der Waals surface area contributed by atoms with Gasteiger partial charge in [0.05, 0.1) is 23.2 Å². The number of halogens is 1. The number of fused-ring (bicyclic) bond motifs is 3. The van der Waals surface area contributed by atoms with Gasteiger partial charge < -0.3 is 9.73 Å². The molecule has 4 aromatic rings. The lowest BCUT2D eigenvalue weighted by molar-refractivity contribution is -0.121. The molecule has 0 radical (unpaired) electrons. The Morgan fingerprint density at radius 1 is 1.12 bits per heavy atom. The summed E-state index contributed by atoms with van der Waals surface area (Å²) in [4.78, 5) is 16.7. The molecule has 4 rings (SSSR count). The minimum absolute atomic E-state index is 0.0543. The maximum atomic E-state index is 12.4. The van der Waals surface area contributed by atoms with Crippen LogP contribution in [0.1, 0.15) is 24.2 Å². The first-order valence-electron chi connectivity index (χ1n) is 8.41. The van der Waals surface area contributed by atoms with E-state index in [0.717, 1.165) is 33.2 Å². The van der Waals surface area contributed by atoms with Gasteiger partial charge in [-0.05, 0) is 42.8 Å². The van der Waals surface area contributed by atoms with Crippen LogP contribution < -0.4 is 5.32 Å². The van der Waals surface area contributed by atoms with E-state index in [0.29, 0.717) is 11.4 Å². The number of carbonyl (C=O) groups excluding carboxylic acids is 1. The van der Waals surface area contributed by atoms with Gasteiger partial charge >= 0.3 is 0 Å². The van der Waals surface area contributed by atoms with Gasteiger partial charge in [0.1, 0.15) is 11.2 Å². The molecular formula is C21H17ClN2O2. The van der Waals surface area contributed by atoms with E-state index < -0.39 is 0 Å². The summed E-state index contributed by atoms with van der Waals surface area (Å²) < 4.78 is 5.82. The molecular weight excluding hydrogens is 348 g/mol. The summed E-state index contributed by atoms with van der Waals surface area (Å²) in [6.07, 6.45) is 1.88. The second-order valence-corrected chi connectivity index (χ2v) is 6.73. The molecule has 0 saturated heterocycles. The summed E-state index contributed by atoms with van der Waals surface area (Å²) in [5, 5.41) is 5.64. The molecule has 1 amide bonds. The molecule has 26 heavy (non-hydrogen) atoms. The maximum absolute atomic E-state index is 12.4. The second kappa shape index (κ2) is 6.81. The van der Waals surface area contributed by atoms with Crippen molar-refractivity contribution < 1.29 is 9.21 Å². The van der Waals surface area contributed by atoms with E-state index in [1.54, 1.807) is 12.3 Å². The van der Waals surface area contributed by atoms with Gasteiger partial charge in [-0.25, -0.2) is 0 Å². The van der Waals surface area contributed by atoms with Crippen molar-refractivity contribution in [3.05, 3.63) is 77.1 Å². The highest BCUT2D eigenvalue weighted by Gasteiger charge is 2.13. The molecule has 5 heteroatoms. The van der Waals surface area contributed by atoms with Gasteiger partial charge in [0, 0.05) is 17.0 Å². The molecule has 0 spiro atoms. The summed E-state index contributed by atoms with van der Waals surface area (Å²) in [5.74, 6) is -0.0543. The van der Waals surface area contributed by atoms with Crippen LogP contribution in [0.15, 0.2) is 65.2 Å². The van der Waals surface area contributed by atoms with Gasteiger partial charge in [-0.3, -0.25) is 9.78 Å². The van der Waals surface area contributed by atoms with E-state index in [2.05, 4.69) is 10.3 Å². The van der Waals surface area contributed by atoms with Crippen molar-refractivity contribution in [1.82, 2.24) is 10.3 Å². The molecule has 2 heterocycles. The lowest BCUT2D eigenvalue weighted by Gasteiger charge is -2.13. The average Bonchev–Trinajstić information content (AvgIpc) is 3.00. The van der Waals surface area contributed by atoms with Crippen molar-refractivity contribution in [2.24, 2.45) is 0 Å². The molecule has 4 nitrogen and oxygen atoms in total. The minimum Gasteiger partial charge on any atom is -0.456 e. The molecule has 0 unspecified atom stereocenters. The molecule has 1 N–H and O–H groups in total. The Balaban J connectivity index is 1.52. The van der Waals surface area contributed by atoms with Crippen LogP contribution in [0.4, 0.5) is 0 Å². The number of nitrogens with one attached hydrogen (secondary N) is 1. The van der Waals surface area contributed by atoms with Crippen LogP contribution in [0, 0.1) is 0 Å². The molecule has 0 aliphatic carbocycles. The highest BCUT2D eigenvalue weighted by atomic mass is 35.5. The summed E-state index contributed by atoms with van der Waals surface area (Å²) >= 11 is 5.85. The Bertz CT molecular complexity index is 1090. The second-order valence-electron chi connectivity index (χ2n) is 6.30. The SMILES string of the molecule is C[C@@H](NC(=O)Cc1ccc2oc3ccccc3c2c1)c1ccc(Cl)cn1. The van der Waals surface area contributed by atoms with Crippen LogP contribution in [0.3, 0.4) is 0 Å². The minimum atomic E-state index is -0.182. The number of amides is 1. The quantitative estimate of drug-likeness (QED) is 0.551. The van der Waals surface area contributed by atoms with Crippen molar-refractivity contribution in [3.8, 4) is 0 Å². The topological polar surface area (TPSA) is 55.1 Å². The number of para-hydroxylation sites is 1. The van der Waals surface area contributed by atoms with E-state index in [1.807, 2.05) is 55.5 Å². The van der Waals surface area contributed by atoms with Crippen LogP contribution in [-0.2, 0) is 11.2 Å². The average molecular weight is 365 g/mol. The Morgan fingerprint density at radius 3 is 2.73 bits per heavy atom. The fraction of sp³-hybridized carbons (Fsp3) is 0.143. The zero-order valence-electron chi connectivity index (χ0n) is 14.2. The smallest absolute Gasteiger partial charge is 0.224 e. The van der Waals surface area contributed by atoms with Crippen LogP contribution in [-0.4, -0.2) is 10.9 Å². The fourth-order valence-corrected chi connectivity index (χ4v) is 3.19. The van der Waals surface area contributed by atoms with E-state index in [4.69, 9.17) is 16.0 Å². The first-order valence-corrected chi connectivity index (χ1v) is 8.79. The molecule has 130 valence electrons. The number of benzene rings is 2. The zero-order chi connectivity index (χ0) is 18.1. The zero-order valence-corrected chi connectivity index (χ0v) is 15.0. The van der Waals surface area contributed by atoms with Crippen LogP contribution in [0.25, 0.3) is 21.9 Å². The number of carbonyl (C=O) groups is 1. The summed E-state index contributed by atoms with van der Waals surface area (Å²) in [5.41, 5.74) is 3.40. The standard InChI is InChI=1S/C21H17ClN2O2/c1-13(18-8-7-15(22)12-23-18)24-21(25)11-14-6-9-20-17(10-14)16-4-2-3-5-19(16)26-20/h2-10,12-13H,11H2,1H3,(H,24,25)/t13-/m1/s1. The summed E-state index contributed by atoms with van der Waals surface area (Å²) in [6, 6.07) is 17.2. The third-order valence-electron chi connectivity index (χ3n) is 4.38. The normalized spacial score (nSPS) is 12.4. The van der Waals surface area contributed by atoms with Gasteiger partial charge in [-0.15, -0.1) is 0 Å². The van der Waals surface area contributed by atoms with E-state index in [-0.39, 0.29) is 11.9 Å². The van der Waals surface area contributed by atoms with Crippen molar-refractivity contribution in [3.63, 3.8) is 0 Å². The third-order valence-corrected chi connectivity index (χ3v) is 4.60. The predicted octanol–water partition coefficient (Wildman–Crippen LogP) is 5.05. The Labute approximate surface area is 155 Å². The molecule has 0 fully saturated rings. The Morgan fingerprint density at radius 2 is 1.92 bits per heavy atom. The molecule has 2 aromatic carbocycles. The molecule has 0 bridgehead atoms. The highest BCUT2D eigenvalue weighted by molar-refractivity contribution is 6.30. The van der Waals surface area contributed by atoms with E-state index >= 15 is 0 Å². The monoisotopic (exact) mass is 364 g/mol. The molecule has 1 atom stereocenters. The molecule has 0 saturated carbocycles. The van der Waals surface area contributed by atoms with Crippen LogP contribution in [0.2, 0.25) is 5.02 Å². The summed E-state index contributed by atoms with van der Waals surface area (Å²) in [6.45, 7) is 1.90. The van der Waals surface area contributed by atoms with E-state index in [1.165, 1.54) is 0 Å². The van der Waals surface area contributed by atoms with E-state index in [9.17, 15) is 4.79 Å². The highest BCUT2D eigenvalue weighted by Crippen LogP contribution is 2.29. The van der Waals surface area contributed by atoms with Crippen molar-refractivity contribution in [1.29, 1.82) is 0 Å². The number of hydrogen-bond acceptors (Lipinski definition) is 3. The number of hydrogen-bond donors (Lipinski definition) is 1. The Hall–Kier alpha value is -2.85. The van der Waals surface area contributed by atoms with Gasteiger partial charge in [0.15, 0.2) is 0 Å². The summed E-state index contributed by atoms with van der Waals surface area (Å²) in [7, 11) is 0. The van der Waals surface area contributed by atoms with Gasteiger partial charge in [-0.1, -0.05) is 35.9 Å². The fourth-order valence-electron chi connectivity index (χ4n) is 3.08. The predicted molar refractivity (Wildman–Crippen MR) is 103 cm³/mol. The number of rotatable bonds is 4. The third kappa shape index (κ3) is 3.28. The van der Waals surface area contributed by atoms with Crippen molar-refractivity contribution >= 4 is 39.4 Å². The van der Waals surface area contributed by atoms with Gasteiger partial charge in [0.2, 0.25) is 5.91 Å². The van der Waals surface area contributed by atoms with Crippen LogP contribution >= 0.6 is 11.6 Å². The lowest BCUT2D eigenvalue weighted by atomic mass is 10.1. The number of furan rings is 1. The van der Waals surface area contributed by atoms with Gasteiger partial charge in [-0.2, -0.15) is 0 Å². The first-order chi connectivity index (χ1) is 12.6. The number of aromatic nitrogens is 1. The van der Waals surface area contributed by atoms with Gasteiger partial charge in [0.25, 0.3) is 0 Å². The first kappa shape index (κ1) is 16.6. The van der Waals surface area contributed by atoms with Crippen LogP contribution in [0.5, 0.6) is 0 Å². The number of nitrogens with zero attached hydrogens (tertiary/aromatic N) is 1. The number of pyridine rings is 1. The molecule has 0 aliphatic heterocycles. The largest absolute Gasteiger partial charge is 0.456 e. The molecule has 0 aliphatic rings. The lowest BCUT2D eigenvalue weighted by Crippen LogP contribution is -2.28. The Kier molecular flexibility index (Phi) is 4.35. The van der Waals surface area contributed by atoms with Crippen molar-refractivity contribution in [2.45, 2.75) is 19.4 Å². The van der Waals surface area contributed by atoms with Crippen molar-refractivity contribution in [2.75, 3.05) is 0 Å². The maximum Gasteiger partial charge on any atom is 0.224 e. The molecule has 2 aromatic heterocycles.